The van der Waals surface area contributed by atoms with Crippen LogP contribution in [-0.2, 0) is 23.7 Å². The Labute approximate surface area is 136 Å². The molecule has 0 aliphatic carbocycles. The lowest BCUT2D eigenvalue weighted by Crippen LogP contribution is -2.63. The summed E-state index contributed by atoms with van der Waals surface area (Å²) in [7, 11) is 1.23. The van der Waals surface area contributed by atoms with Crippen molar-refractivity contribution in [1.29, 1.82) is 0 Å². The number of aliphatic hydroxyl groups is 6. The molecule has 140 valence electrons. The average Bonchev–Trinajstić information content (AvgIpc) is 2.59. The molecular formula is C13H22O11. The lowest BCUT2D eigenvalue weighted by Gasteiger charge is -2.44. The zero-order valence-corrected chi connectivity index (χ0v) is 12.8. The van der Waals surface area contributed by atoms with E-state index in [1.54, 1.807) is 0 Å². The molecule has 0 bridgehead atoms. The molecule has 2 heterocycles. The van der Waals surface area contributed by atoms with E-state index in [-0.39, 0.29) is 0 Å². The summed E-state index contributed by atoms with van der Waals surface area (Å²) in [6, 6.07) is 0. The first-order valence-corrected chi connectivity index (χ1v) is 7.32. The van der Waals surface area contributed by atoms with Crippen LogP contribution in [0, 0.1) is 0 Å². The number of Topliss-reactive ketones (excluding diaryl/α,β-unsaturated/α-hetero) is 1. The maximum Gasteiger partial charge on any atom is 0.197 e. The first kappa shape index (κ1) is 19.6. The molecule has 11 heteroatoms. The zero-order chi connectivity index (χ0) is 18.0. The summed E-state index contributed by atoms with van der Waals surface area (Å²) >= 11 is 0. The molecule has 24 heavy (non-hydrogen) atoms. The first-order chi connectivity index (χ1) is 11.3. The molecule has 0 aromatic heterocycles. The molecule has 0 radical (unpaired) electrons. The van der Waals surface area contributed by atoms with Gasteiger partial charge in [-0.3, -0.25) is 4.79 Å². The molecule has 7 unspecified atom stereocenters. The minimum atomic E-state index is -1.88. The van der Waals surface area contributed by atoms with E-state index in [4.69, 9.17) is 24.1 Å². The average molecular weight is 354 g/mol. The van der Waals surface area contributed by atoms with Gasteiger partial charge in [-0.15, -0.1) is 0 Å². The van der Waals surface area contributed by atoms with Gasteiger partial charge in [0.1, 0.15) is 36.6 Å². The Hall–Kier alpha value is -0.730. The Morgan fingerprint density at radius 2 is 1.50 bits per heavy atom. The number of methoxy groups -OCH3 is 1. The molecule has 9 atom stereocenters. The largest absolute Gasteiger partial charge is 0.394 e. The van der Waals surface area contributed by atoms with E-state index in [0.29, 0.717) is 0 Å². The van der Waals surface area contributed by atoms with E-state index >= 15 is 0 Å². The topological polar surface area (TPSA) is 175 Å². The monoisotopic (exact) mass is 354 g/mol. The summed E-state index contributed by atoms with van der Waals surface area (Å²) in [4.78, 5) is 11.8. The molecule has 2 aliphatic heterocycles. The lowest BCUT2D eigenvalue weighted by molar-refractivity contribution is -0.340. The second-order valence-electron chi connectivity index (χ2n) is 5.56. The van der Waals surface area contributed by atoms with Crippen LogP contribution in [0.4, 0.5) is 0 Å². The molecule has 0 aromatic rings. The van der Waals surface area contributed by atoms with Crippen LogP contribution in [-0.4, -0.2) is 112 Å². The van der Waals surface area contributed by atoms with Gasteiger partial charge < -0.3 is 49.6 Å². The third-order valence-corrected chi connectivity index (χ3v) is 4.03. The van der Waals surface area contributed by atoms with Gasteiger partial charge in [0.25, 0.3) is 0 Å². The Bertz CT molecular complexity index is 430. The quantitative estimate of drug-likeness (QED) is 0.280. The summed E-state index contributed by atoms with van der Waals surface area (Å²) in [6.07, 6.45) is -13.4. The van der Waals surface area contributed by atoms with Gasteiger partial charge in [-0.05, 0) is 0 Å². The fraction of sp³-hybridized carbons (Fsp3) is 0.923. The van der Waals surface area contributed by atoms with Gasteiger partial charge in [-0.25, -0.2) is 0 Å². The van der Waals surface area contributed by atoms with Crippen LogP contribution < -0.4 is 0 Å². The van der Waals surface area contributed by atoms with E-state index in [1.807, 2.05) is 0 Å². The molecule has 0 spiro atoms. The maximum absolute atomic E-state index is 11.8. The van der Waals surface area contributed by atoms with Gasteiger partial charge >= 0.3 is 0 Å². The van der Waals surface area contributed by atoms with Crippen molar-refractivity contribution in [2.75, 3.05) is 20.3 Å². The Balaban J connectivity index is 2.13. The van der Waals surface area contributed by atoms with Crippen LogP contribution in [0.15, 0.2) is 0 Å². The summed E-state index contributed by atoms with van der Waals surface area (Å²) in [5.74, 6) is -1.02. The minimum Gasteiger partial charge on any atom is -0.394 e. The minimum absolute atomic E-state index is 0.614. The van der Waals surface area contributed by atoms with Crippen molar-refractivity contribution >= 4 is 5.78 Å². The predicted molar refractivity (Wildman–Crippen MR) is 72.4 cm³/mol. The molecule has 0 aromatic carbocycles. The summed E-state index contributed by atoms with van der Waals surface area (Å²) in [5.41, 5.74) is 0. The van der Waals surface area contributed by atoms with Crippen LogP contribution in [0.25, 0.3) is 0 Å². The molecular weight excluding hydrogens is 332 g/mol. The van der Waals surface area contributed by atoms with Crippen LogP contribution in [0.2, 0.25) is 0 Å². The van der Waals surface area contributed by atoms with E-state index in [0.717, 1.165) is 0 Å². The summed E-state index contributed by atoms with van der Waals surface area (Å²) < 4.78 is 20.5. The highest BCUT2D eigenvalue weighted by Gasteiger charge is 2.50. The summed E-state index contributed by atoms with van der Waals surface area (Å²) in [5, 5.41) is 57.9. The second kappa shape index (κ2) is 8.10. The molecule has 2 rings (SSSR count). The molecule has 2 fully saturated rings. The SMILES string of the molecule is COC1OC(CO)C(OC2OC(CO)[C@@H](O)C(=O)[C@@H]2O)C(O)C1O. The van der Waals surface area contributed by atoms with Crippen molar-refractivity contribution < 1.29 is 54.4 Å². The highest BCUT2D eigenvalue weighted by Crippen LogP contribution is 2.28. The Kier molecular flexibility index (Phi) is 6.61. The highest BCUT2D eigenvalue weighted by atomic mass is 16.7. The predicted octanol–water partition coefficient (Wildman–Crippen LogP) is -4.53. The van der Waals surface area contributed by atoms with Gasteiger partial charge in [0.15, 0.2) is 24.5 Å². The molecule has 2 saturated heterocycles. The Morgan fingerprint density at radius 3 is 2.04 bits per heavy atom. The van der Waals surface area contributed by atoms with Crippen molar-refractivity contribution in [2.24, 2.45) is 0 Å². The van der Waals surface area contributed by atoms with E-state index in [9.17, 15) is 30.3 Å². The number of hydrogen-bond donors (Lipinski definition) is 6. The zero-order valence-electron chi connectivity index (χ0n) is 12.8. The van der Waals surface area contributed by atoms with Gasteiger partial charge in [-0.1, -0.05) is 0 Å². The van der Waals surface area contributed by atoms with Crippen LogP contribution in [0.1, 0.15) is 0 Å². The highest BCUT2D eigenvalue weighted by molar-refractivity contribution is 5.88. The number of carbonyl (C=O) groups excluding carboxylic acids is 1. The van der Waals surface area contributed by atoms with Crippen molar-refractivity contribution in [2.45, 2.75) is 55.3 Å². The van der Waals surface area contributed by atoms with Crippen LogP contribution >= 0.6 is 0 Å². The van der Waals surface area contributed by atoms with Crippen molar-refractivity contribution in [3.05, 3.63) is 0 Å². The molecule has 0 saturated carbocycles. The van der Waals surface area contributed by atoms with Crippen molar-refractivity contribution in [1.82, 2.24) is 0 Å². The Morgan fingerprint density at radius 1 is 0.917 bits per heavy atom. The summed E-state index contributed by atoms with van der Waals surface area (Å²) in [6.45, 7) is -1.32. The van der Waals surface area contributed by atoms with E-state index < -0.39 is 74.3 Å². The number of carbonyl (C=O) groups is 1. The number of hydrogen-bond acceptors (Lipinski definition) is 11. The van der Waals surface area contributed by atoms with Gasteiger partial charge in [-0.2, -0.15) is 0 Å². The fourth-order valence-corrected chi connectivity index (χ4v) is 2.63. The molecule has 11 nitrogen and oxygen atoms in total. The third-order valence-electron chi connectivity index (χ3n) is 4.03. The third kappa shape index (κ3) is 3.60. The van der Waals surface area contributed by atoms with Crippen molar-refractivity contribution in [3.8, 4) is 0 Å². The van der Waals surface area contributed by atoms with Crippen molar-refractivity contribution in [3.63, 3.8) is 0 Å². The second-order valence-corrected chi connectivity index (χ2v) is 5.56. The normalized spacial score (nSPS) is 47.0. The first-order valence-electron chi connectivity index (χ1n) is 7.32. The number of ketones is 1. The standard InChI is InChI=1S/C13H22O11/c1-21-12-10(20)8(18)11(5(3-15)23-12)24-13-9(19)7(17)6(16)4(2-14)22-13/h4-6,8-16,18-20H,2-3H2,1H3/t4?,5?,6-,8?,9+,10?,11?,12?,13?/m1/s1. The van der Waals surface area contributed by atoms with E-state index in [1.165, 1.54) is 7.11 Å². The molecule has 0 amide bonds. The van der Waals surface area contributed by atoms with Crippen LogP contribution in [0.5, 0.6) is 0 Å². The van der Waals surface area contributed by atoms with E-state index in [2.05, 4.69) is 0 Å². The number of aliphatic hydroxyl groups excluding tert-OH is 6. The molecule has 2 aliphatic rings. The van der Waals surface area contributed by atoms with Gasteiger partial charge in [0.05, 0.1) is 13.2 Å². The number of ether oxygens (including phenoxy) is 4. The fourth-order valence-electron chi connectivity index (χ4n) is 2.63. The number of rotatable bonds is 5. The smallest absolute Gasteiger partial charge is 0.197 e. The lowest BCUT2D eigenvalue weighted by atomic mass is 9.97. The van der Waals surface area contributed by atoms with Gasteiger partial charge in [0, 0.05) is 7.11 Å². The molecule has 6 N–H and O–H groups in total. The van der Waals surface area contributed by atoms with Crippen LogP contribution in [0.3, 0.4) is 0 Å². The van der Waals surface area contributed by atoms with Gasteiger partial charge in [0.2, 0.25) is 0 Å². The maximum atomic E-state index is 11.8.